The summed E-state index contributed by atoms with van der Waals surface area (Å²) in [7, 11) is -2.30. The third-order valence-electron chi connectivity index (χ3n) is 5.58. The lowest BCUT2D eigenvalue weighted by Crippen LogP contribution is -2.35. The molecule has 2 fully saturated rings. The fourth-order valence-corrected chi connectivity index (χ4v) is 5.55. The van der Waals surface area contributed by atoms with Crippen LogP contribution in [0.15, 0.2) is 23.1 Å². The number of hydrogen-bond acceptors (Lipinski definition) is 4. The van der Waals surface area contributed by atoms with Gasteiger partial charge in [-0.3, -0.25) is 4.79 Å². The molecule has 1 aromatic rings. The molecule has 150 valence electrons. The zero-order valence-electron chi connectivity index (χ0n) is 16.0. The highest BCUT2D eigenvalue weighted by Crippen LogP contribution is 2.27. The normalized spacial score (nSPS) is 19.6. The maximum atomic E-state index is 12.9. The van der Waals surface area contributed by atoms with Gasteiger partial charge in [0.25, 0.3) is 5.91 Å². The minimum Gasteiger partial charge on any atom is -0.495 e. The van der Waals surface area contributed by atoms with Gasteiger partial charge in [0.2, 0.25) is 10.0 Å². The highest BCUT2D eigenvalue weighted by molar-refractivity contribution is 7.89. The maximum absolute atomic E-state index is 12.9. The highest BCUT2D eigenvalue weighted by atomic mass is 32.2. The summed E-state index contributed by atoms with van der Waals surface area (Å²) < 4.78 is 33.7. The molecule has 2 N–H and O–H groups in total. The van der Waals surface area contributed by atoms with Crippen LogP contribution in [-0.2, 0) is 10.0 Å². The number of carbonyl (C=O) groups excluding carboxylic acids is 1. The van der Waals surface area contributed by atoms with Gasteiger partial charge in [0.1, 0.15) is 10.6 Å². The van der Waals surface area contributed by atoms with Crippen molar-refractivity contribution in [2.75, 3.05) is 7.11 Å². The first-order valence-corrected chi connectivity index (χ1v) is 11.5. The monoisotopic (exact) mass is 394 g/mol. The summed E-state index contributed by atoms with van der Waals surface area (Å²) in [5, 5.41) is 3.07. The quantitative estimate of drug-likeness (QED) is 0.725. The Hall–Kier alpha value is -1.60. The Balaban J connectivity index is 1.78. The third kappa shape index (κ3) is 5.23. The Morgan fingerprint density at radius 1 is 0.963 bits per heavy atom. The molecule has 0 aromatic heterocycles. The molecular weight excluding hydrogens is 364 g/mol. The zero-order chi connectivity index (χ0) is 19.3. The van der Waals surface area contributed by atoms with Crippen LogP contribution >= 0.6 is 0 Å². The average molecular weight is 395 g/mol. The van der Waals surface area contributed by atoms with Gasteiger partial charge < -0.3 is 10.1 Å². The van der Waals surface area contributed by atoms with E-state index in [1.54, 1.807) is 12.1 Å². The lowest BCUT2D eigenvalue weighted by Gasteiger charge is -2.18. The third-order valence-corrected chi connectivity index (χ3v) is 7.12. The number of ether oxygens (including phenoxy) is 1. The van der Waals surface area contributed by atoms with E-state index in [1.807, 2.05) is 0 Å². The largest absolute Gasteiger partial charge is 0.495 e. The molecule has 0 bridgehead atoms. The molecular formula is C20H30N2O4S. The second kappa shape index (κ2) is 9.06. The van der Waals surface area contributed by atoms with E-state index in [9.17, 15) is 13.2 Å². The first-order chi connectivity index (χ1) is 13.0. The lowest BCUT2D eigenvalue weighted by molar-refractivity contribution is 0.0933. The van der Waals surface area contributed by atoms with Gasteiger partial charge in [-0.2, -0.15) is 0 Å². The fourth-order valence-electron chi connectivity index (χ4n) is 4.05. The van der Waals surface area contributed by atoms with E-state index in [0.29, 0.717) is 5.56 Å². The van der Waals surface area contributed by atoms with Crippen LogP contribution in [0.4, 0.5) is 0 Å². The lowest BCUT2D eigenvalue weighted by atomic mass is 10.1. The van der Waals surface area contributed by atoms with Crippen molar-refractivity contribution in [3.63, 3.8) is 0 Å². The van der Waals surface area contributed by atoms with Crippen molar-refractivity contribution < 1.29 is 17.9 Å². The predicted octanol–water partition coefficient (Wildman–Crippen LogP) is 3.37. The molecule has 0 radical (unpaired) electrons. The Labute approximate surface area is 162 Å². The smallest absolute Gasteiger partial charge is 0.251 e. The highest BCUT2D eigenvalue weighted by Gasteiger charge is 2.27. The number of nitrogens with one attached hydrogen (secondary N) is 2. The molecule has 0 saturated heterocycles. The maximum Gasteiger partial charge on any atom is 0.251 e. The molecule has 6 nitrogen and oxygen atoms in total. The summed E-state index contributed by atoms with van der Waals surface area (Å²) in [6.07, 6.45) is 10.4. The predicted molar refractivity (Wildman–Crippen MR) is 105 cm³/mol. The van der Waals surface area contributed by atoms with E-state index in [1.165, 1.54) is 26.0 Å². The van der Waals surface area contributed by atoms with Crippen molar-refractivity contribution in [3.05, 3.63) is 23.8 Å². The van der Waals surface area contributed by atoms with Crippen LogP contribution in [0.1, 0.15) is 74.6 Å². The molecule has 1 amide bonds. The molecule has 2 saturated carbocycles. The van der Waals surface area contributed by atoms with Gasteiger partial charge >= 0.3 is 0 Å². The van der Waals surface area contributed by atoms with Gasteiger partial charge in [-0.25, -0.2) is 13.1 Å². The average Bonchev–Trinajstić information content (AvgIpc) is 3.02. The van der Waals surface area contributed by atoms with Gasteiger partial charge in [0, 0.05) is 17.6 Å². The molecule has 0 aliphatic heterocycles. The van der Waals surface area contributed by atoms with Crippen molar-refractivity contribution in [2.45, 2.75) is 81.2 Å². The fraction of sp³-hybridized carbons (Fsp3) is 0.650. The SMILES string of the molecule is COc1ccc(C(=O)NC2CCCCCC2)cc1S(=O)(=O)NC1CCCC1. The van der Waals surface area contributed by atoms with Gasteiger partial charge in [0.05, 0.1) is 7.11 Å². The first-order valence-electron chi connectivity index (χ1n) is 10.0. The van der Waals surface area contributed by atoms with Crippen LogP contribution in [0.5, 0.6) is 5.75 Å². The van der Waals surface area contributed by atoms with Crippen molar-refractivity contribution in [1.29, 1.82) is 0 Å². The minimum absolute atomic E-state index is 0.0328. The zero-order valence-corrected chi connectivity index (χ0v) is 16.8. The van der Waals surface area contributed by atoms with Crippen molar-refractivity contribution in [3.8, 4) is 5.75 Å². The van der Waals surface area contributed by atoms with Crippen LogP contribution in [-0.4, -0.2) is 33.5 Å². The standard InChI is InChI=1S/C20H30N2O4S/c1-26-18-13-12-15(20(23)21-16-8-4-2-3-5-9-16)14-19(18)27(24,25)22-17-10-6-7-11-17/h12-14,16-17,22H,2-11H2,1H3,(H,21,23). The summed E-state index contributed by atoms with van der Waals surface area (Å²) >= 11 is 0. The number of sulfonamides is 1. The molecule has 3 rings (SSSR count). The molecule has 7 heteroatoms. The van der Waals surface area contributed by atoms with Crippen LogP contribution in [0.3, 0.4) is 0 Å². The minimum atomic E-state index is -3.74. The number of methoxy groups -OCH3 is 1. The van der Waals surface area contributed by atoms with Crippen LogP contribution in [0.25, 0.3) is 0 Å². The van der Waals surface area contributed by atoms with Crippen molar-refractivity contribution in [2.24, 2.45) is 0 Å². The van der Waals surface area contributed by atoms with Gasteiger partial charge in [-0.15, -0.1) is 0 Å². The molecule has 27 heavy (non-hydrogen) atoms. The van der Waals surface area contributed by atoms with Crippen LogP contribution < -0.4 is 14.8 Å². The van der Waals surface area contributed by atoms with Gasteiger partial charge in [-0.1, -0.05) is 38.5 Å². The van der Waals surface area contributed by atoms with E-state index in [2.05, 4.69) is 10.0 Å². The van der Waals surface area contributed by atoms with E-state index in [4.69, 9.17) is 4.74 Å². The molecule has 0 unspecified atom stereocenters. The van der Waals surface area contributed by atoms with Crippen LogP contribution in [0.2, 0.25) is 0 Å². The van der Waals surface area contributed by atoms with Gasteiger partial charge in [-0.05, 0) is 43.9 Å². The molecule has 1 aromatic carbocycles. The van der Waals surface area contributed by atoms with Crippen LogP contribution in [0, 0.1) is 0 Å². The number of carbonyl (C=O) groups is 1. The summed E-state index contributed by atoms with van der Waals surface area (Å²) in [4.78, 5) is 12.7. The number of rotatable bonds is 6. The Morgan fingerprint density at radius 3 is 2.19 bits per heavy atom. The van der Waals surface area contributed by atoms with E-state index in [0.717, 1.165) is 51.4 Å². The summed E-state index contributed by atoms with van der Waals surface area (Å²) in [5.74, 6) is 0.0355. The number of benzene rings is 1. The Bertz CT molecular complexity index is 749. The summed E-state index contributed by atoms with van der Waals surface area (Å²) in [6, 6.07) is 4.74. The van der Waals surface area contributed by atoms with E-state index >= 15 is 0 Å². The Kier molecular flexibility index (Phi) is 6.76. The summed E-state index contributed by atoms with van der Waals surface area (Å²) in [6.45, 7) is 0. The molecule has 2 aliphatic rings. The topological polar surface area (TPSA) is 84.5 Å². The number of amides is 1. The van der Waals surface area contributed by atoms with Crippen molar-refractivity contribution in [1.82, 2.24) is 10.0 Å². The van der Waals surface area contributed by atoms with Crippen molar-refractivity contribution >= 4 is 15.9 Å². The molecule has 0 spiro atoms. The van der Waals surface area contributed by atoms with E-state index in [-0.39, 0.29) is 28.6 Å². The molecule has 0 atom stereocenters. The van der Waals surface area contributed by atoms with E-state index < -0.39 is 10.0 Å². The molecule has 2 aliphatic carbocycles. The Morgan fingerprint density at radius 2 is 1.56 bits per heavy atom. The van der Waals surface area contributed by atoms with Gasteiger partial charge in [0.15, 0.2) is 0 Å². The molecule has 0 heterocycles. The second-order valence-corrected chi connectivity index (χ2v) is 9.31. The first kappa shape index (κ1) is 20.1. The second-order valence-electron chi connectivity index (χ2n) is 7.63. The summed E-state index contributed by atoms with van der Waals surface area (Å²) in [5.41, 5.74) is 0.354. The number of hydrogen-bond donors (Lipinski definition) is 2.